The maximum Gasteiger partial charge on any atom is 0.193 e. The first kappa shape index (κ1) is 22.7. The number of aliphatic hydroxyl groups excluding tert-OH is 1. The van der Waals surface area contributed by atoms with Crippen LogP contribution in [0.15, 0.2) is 64.0 Å². The number of aliphatic hydroxyl groups is 1. The summed E-state index contributed by atoms with van der Waals surface area (Å²) >= 11 is 0. The fourth-order valence-corrected chi connectivity index (χ4v) is 3.51. The van der Waals surface area contributed by atoms with E-state index in [0.29, 0.717) is 35.0 Å². The van der Waals surface area contributed by atoms with E-state index < -0.39 is 6.10 Å². The molecule has 156 valence electrons. The van der Waals surface area contributed by atoms with Gasteiger partial charge in [-0.2, -0.15) is 4.73 Å². The maximum absolute atomic E-state index is 12.8. The number of hydrogen-bond donors (Lipinski definition) is 2. The van der Waals surface area contributed by atoms with E-state index in [9.17, 15) is 15.1 Å². The van der Waals surface area contributed by atoms with Crippen molar-refractivity contribution < 1.29 is 10.3 Å². The van der Waals surface area contributed by atoms with Crippen molar-refractivity contribution in [1.82, 2.24) is 4.73 Å². The van der Waals surface area contributed by atoms with Gasteiger partial charge >= 0.3 is 0 Å². The van der Waals surface area contributed by atoms with Crippen molar-refractivity contribution >= 4 is 10.9 Å². The van der Waals surface area contributed by atoms with E-state index >= 15 is 0 Å². The smallest absolute Gasteiger partial charge is 0.193 e. The normalized spacial score (nSPS) is 13.6. The van der Waals surface area contributed by atoms with Gasteiger partial charge in [0.25, 0.3) is 0 Å². The standard InChI is InChI=1S/C25H33NO3/c1-17(2)15-21(27)16-19(4)10-8-9-18(3)13-14-22-20(5)26(29)24-12-7-6-11-23(24)25(22)28/h6-7,10-13,15,21,27,29H,8-9,14,16H2,1-5H3. The van der Waals surface area contributed by atoms with Gasteiger partial charge in [0.1, 0.15) is 0 Å². The summed E-state index contributed by atoms with van der Waals surface area (Å²) in [4.78, 5) is 12.8. The van der Waals surface area contributed by atoms with Crippen LogP contribution < -0.4 is 5.43 Å². The molecule has 1 atom stereocenters. The lowest BCUT2D eigenvalue weighted by Gasteiger charge is -2.12. The lowest BCUT2D eigenvalue weighted by molar-refractivity contribution is 0.190. The number of allylic oxidation sites excluding steroid dienone is 4. The molecule has 1 unspecified atom stereocenters. The van der Waals surface area contributed by atoms with Crippen LogP contribution in [0.4, 0.5) is 0 Å². The largest absolute Gasteiger partial charge is 0.428 e. The Morgan fingerprint density at radius 1 is 1.10 bits per heavy atom. The number of benzene rings is 1. The molecule has 0 aliphatic heterocycles. The van der Waals surface area contributed by atoms with Crippen LogP contribution in [0.2, 0.25) is 0 Å². The average Bonchev–Trinajstić information content (AvgIpc) is 2.65. The highest BCUT2D eigenvalue weighted by Crippen LogP contribution is 2.16. The Kier molecular flexibility index (Phi) is 8.03. The molecular weight excluding hydrogens is 362 g/mol. The summed E-state index contributed by atoms with van der Waals surface area (Å²) in [7, 11) is 0. The minimum atomic E-state index is -0.426. The summed E-state index contributed by atoms with van der Waals surface area (Å²) in [6.07, 6.45) is 8.64. The van der Waals surface area contributed by atoms with Crippen LogP contribution >= 0.6 is 0 Å². The molecule has 0 radical (unpaired) electrons. The van der Waals surface area contributed by atoms with E-state index in [4.69, 9.17) is 0 Å². The van der Waals surface area contributed by atoms with Gasteiger partial charge in [0.15, 0.2) is 5.43 Å². The van der Waals surface area contributed by atoms with Gasteiger partial charge in [0.2, 0.25) is 0 Å². The average molecular weight is 396 g/mol. The molecule has 29 heavy (non-hydrogen) atoms. The summed E-state index contributed by atoms with van der Waals surface area (Å²) in [5.74, 6) is 0. The molecule has 4 nitrogen and oxygen atoms in total. The summed E-state index contributed by atoms with van der Waals surface area (Å²) < 4.78 is 1.11. The van der Waals surface area contributed by atoms with Crippen molar-refractivity contribution in [3.8, 4) is 0 Å². The first-order valence-electron chi connectivity index (χ1n) is 10.2. The molecule has 1 heterocycles. The van der Waals surface area contributed by atoms with E-state index in [1.165, 1.54) is 11.1 Å². The number of fused-ring (bicyclic) bond motifs is 1. The van der Waals surface area contributed by atoms with Crippen molar-refractivity contribution in [1.29, 1.82) is 0 Å². The number of nitrogens with zero attached hydrogens (tertiary/aromatic N) is 1. The van der Waals surface area contributed by atoms with E-state index in [2.05, 4.69) is 19.1 Å². The third-order valence-corrected chi connectivity index (χ3v) is 5.15. The third kappa shape index (κ3) is 6.20. The fourth-order valence-electron chi connectivity index (χ4n) is 3.51. The van der Waals surface area contributed by atoms with Gasteiger partial charge < -0.3 is 10.3 Å². The van der Waals surface area contributed by atoms with Gasteiger partial charge in [0, 0.05) is 10.9 Å². The Morgan fingerprint density at radius 2 is 1.79 bits per heavy atom. The van der Waals surface area contributed by atoms with E-state index in [0.717, 1.165) is 23.1 Å². The van der Waals surface area contributed by atoms with E-state index in [1.807, 2.05) is 39.0 Å². The first-order valence-corrected chi connectivity index (χ1v) is 10.2. The maximum atomic E-state index is 12.8. The lowest BCUT2D eigenvalue weighted by Crippen LogP contribution is -2.17. The van der Waals surface area contributed by atoms with Crippen LogP contribution in [0.1, 0.15) is 58.2 Å². The summed E-state index contributed by atoms with van der Waals surface area (Å²) in [5.41, 5.74) is 5.23. The van der Waals surface area contributed by atoms with Crippen LogP contribution in [-0.4, -0.2) is 21.1 Å². The zero-order valence-electron chi connectivity index (χ0n) is 18.2. The van der Waals surface area contributed by atoms with Crippen LogP contribution in [0.3, 0.4) is 0 Å². The summed E-state index contributed by atoms with van der Waals surface area (Å²) in [5, 5.41) is 20.9. The molecule has 0 aliphatic rings. The van der Waals surface area contributed by atoms with Gasteiger partial charge in [-0.1, -0.05) is 47.1 Å². The molecule has 0 aliphatic carbocycles. The zero-order chi connectivity index (χ0) is 21.6. The lowest BCUT2D eigenvalue weighted by atomic mass is 10.0. The van der Waals surface area contributed by atoms with Crippen molar-refractivity contribution in [2.24, 2.45) is 0 Å². The third-order valence-electron chi connectivity index (χ3n) is 5.15. The van der Waals surface area contributed by atoms with Crippen molar-refractivity contribution in [3.63, 3.8) is 0 Å². The highest BCUT2D eigenvalue weighted by molar-refractivity contribution is 5.79. The molecule has 0 spiro atoms. The molecule has 0 bridgehead atoms. The number of pyridine rings is 1. The first-order chi connectivity index (χ1) is 13.7. The second-order valence-corrected chi connectivity index (χ2v) is 8.08. The van der Waals surface area contributed by atoms with Gasteiger partial charge in [-0.05, 0) is 72.4 Å². The van der Waals surface area contributed by atoms with Gasteiger partial charge in [0.05, 0.1) is 17.3 Å². The molecule has 1 aromatic carbocycles. The van der Waals surface area contributed by atoms with Crippen LogP contribution in [0.5, 0.6) is 0 Å². The predicted octanol–water partition coefficient (Wildman–Crippen LogP) is 5.48. The number of hydrogen-bond acceptors (Lipinski definition) is 3. The summed E-state index contributed by atoms with van der Waals surface area (Å²) in [6.45, 7) is 9.85. The monoisotopic (exact) mass is 395 g/mol. The Balaban J connectivity index is 2.04. The Labute approximate surface area is 173 Å². The van der Waals surface area contributed by atoms with E-state index in [-0.39, 0.29) is 5.43 Å². The molecule has 2 aromatic rings. The van der Waals surface area contributed by atoms with Crippen molar-refractivity contribution in [2.45, 2.75) is 66.4 Å². The molecule has 2 rings (SSSR count). The van der Waals surface area contributed by atoms with Gasteiger partial charge in [-0.15, -0.1) is 0 Å². The second-order valence-electron chi connectivity index (χ2n) is 8.08. The van der Waals surface area contributed by atoms with Crippen LogP contribution in [-0.2, 0) is 6.42 Å². The zero-order valence-corrected chi connectivity index (χ0v) is 18.2. The highest BCUT2D eigenvalue weighted by Gasteiger charge is 2.12. The van der Waals surface area contributed by atoms with E-state index in [1.54, 1.807) is 19.1 Å². The minimum Gasteiger partial charge on any atom is -0.428 e. The van der Waals surface area contributed by atoms with Crippen LogP contribution in [0.25, 0.3) is 10.9 Å². The Hall–Kier alpha value is -2.59. The Morgan fingerprint density at radius 3 is 2.48 bits per heavy atom. The minimum absolute atomic E-state index is 0.0172. The molecular formula is C25H33NO3. The fraction of sp³-hybridized carbons (Fsp3) is 0.400. The quantitative estimate of drug-likeness (QED) is 0.459. The summed E-state index contributed by atoms with van der Waals surface area (Å²) in [6, 6.07) is 7.12. The topological polar surface area (TPSA) is 62.5 Å². The number of aromatic nitrogens is 1. The second kappa shape index (κ2) is 10.3. The number of para-hydroxylation sites is 1. The van der Waals surface area contributed by atoms with Gasteiger partial charge in [-0.3, -0.25) is 4.79 Å². The Bertz CT molecular complexity index is 1000. The van der Waals surface area contributed by atoms with Crippen LogP contribution in [0, 0.1) is 6.92 Å². The van der Waals surface area contributed by atoms with Crippen molar-refractivity contribution in [3.05, 3.63) is 80.7 Å². The molecule has 0 saturated carbocycles. The SMILES string of the molecule is CC(C)=CC(O)CC(C)=CCCC(C)=CCc1c(C)n(O)c2ccccc2c1=O. The predicted molar refractivity (Wildman–Crippen MR) is 121 cm³/mol. The van der Waals surface area contributed by atoms with Gasteiger partial charge in [-0.25, -0.2) is 0 Å². The molecule has 1 aromatic heterocycles. The molecule has 2 N–H and O–H groups in total. The van der Waals surface area contributed by atoms with Crippen molar-refractivity contribution in [2.75, 3.05) is 0 Å². The molecule has 0 saturated heterocycles. The highest BCUT2D eigenvalue weighted by atomic mass is 16.5. The molecule has 0 fully saturated rings. The molecule has 4 heteroatoms. The molecule has 0 amide bonds. The number of rotatable bonds is 8.